The molecule has 3 N–H and O–H groups in total. The Morgan fingerprint density at radius 3 is 2.00 bits per heavy atom. The van der Waals surface area contributed by atoms with Crippen molar-refractivity contribution in [1.29, 1.82) is 0 Å². The van der Waals surface area contributed by atoms with Crippen LogP contribution in [0, 0.1) is 0 Å². The van der Waals surface area contributed by atoms with Gasteiger partial charge in [0.05, 0.1) is 6.10 Å². The molecular formula is C7H14ClO6P. The van der Waals surface area contributed by atoms with Crippen molar-refractivity contribution in [2.45, 2.75) is 20.0 Å². The summed E-state index contributed by atoms with van der Waals surface area (Å²) >= 11 is 5.19. The van der Waals surface area contributed by atoms with Gasteiger partial charge in [0.1, 0.15) is 0 Å². The topological polar surface area (TPSA) is 104 Å². The maximum absolute atomic E-state index is 10.0. The molecule has 0 amide bonds. The molecule has 0 aromatic rings. The minimum Gasteiger partial charge on any atom is -0.478 e. The first kappa shape index (κ1) is 17.0. The van der Waals surface area contributed by atoms with E-state index in [0.717, 1.165) is 0 Å². The summed E-state index contributed by atoms with van der Waals surface area (Å²) in [4.78, 5) is 25.9. The molecule has 0 fully saturated rings. The zero-order chi connectivity index (χ0) is 12.6. The minimum atomic E-state index is -4.32. The average molecular weight is 261 g/mol. The van der Waals surface area contributed by atoms with Gasteiger partial charge in [-0.2, -0.15) is 0 Å². The standard InChI is InChI=1S/C4H6O2.C3H8ClO4P/c1-3(2)4(5)6;1-3(2-4)8-9(5,6)7/h1H2,2H3,(H,5,6);3H,2H2,1H3,(H2,5,6,7). The lowest BCUT2D eigenvalue weighted by atomic mass is 10.4. The number of rotatable bonds is 4. The Balaban J connectivity index is 0. The third-order valence-electron chi connectivity index (χ3n) is 0.900. The monoisotopic (exact) mass is 260 g/mol. The number of phosphoric ester groups is 1. The van der Waals surface area contributed by atoms with Gasteiger partial charge >= 0.3 is 13.8 Å². The molecule has 0 radical (unpaired) electrons. The van der Waals surface area contributed by atoms with Crippen molar-refractivity contribution in [2.75, 3.05) is 5.88 Å². The largest absolute Gasteiger partial charge is 0.478 e. The molecule has 0 aromatic carbocycles. The number of carbonyl (C=O) groups is 1. The predicted molar refractivity (Wildman–Crippen MR) is 55.8 cm³/mol. The summed E-state index contributed by atoms with van der Waals surface area (Å²) < 4.78 is 14.1. The van der Waals surface area contributed by atoms with Crippen LogP contribution in [0.4, 0.5) is 0 Å². The minimum absolute atomic E-state index is 0.0745. The summed E-state index contributed by atoms with van der Waals surface area (Å²) in [5.74, 6) is -0.861. The molecule has 0 spiro atoms. The van der Waals surface area contributed by atoms with Gasteiger partial charge in [-0.3, -0.25) is 4.52 Å². The van der Waals surface area contributed by atoms with E-state index in [1.165, 1.54) is 13.8 Å². The van der Waals surface area contributed by atoms with Crippen LogP contribution in [-0.4, -0.2) is 32.8 Å². The average Bonchev–Trinajstić information content (AvgIpc) is 2.02. The van der Waals surface area contributed by atoms with Crippen LogP contribution in [0.2, 0.25) is 0 Å². The number of halogens is 1. The van der Waals surface area contributed by atoms with Gasteiger partial charge < -0.3 is 14.9 Å². The van der Waals surface area contributed by atoms with E-state index in [-0.39, 0.29) is 11.5 Å². The first-order valence-corrected chi connectivity index (χ1v) is 5.85. The predicted octanol–water partition coefficient (Wildman–Crippen LogP) is 1.37. The van der Waals surface area contributed by atoms with Crippen molar-refractivity contribution in [1.82, 2.24) is 0 Å². The van der Waals surface area contributed by atoms with E-state index < -0.39 is 19.9 Å². The molecule has 0 aromatic heterocycles. The van der Waals surface area contributed by atoms with Gasteiger partial charge in [0.2, 0.25) is 0 Å². The number of alkyl halides is 1. The zero-order valence-electron chi connectivity index (χ0n) is 8.38. The summed E-state index contributed by atoms with van der Waals surface area (Å²) in [6.07, 6.45) is -0.604. The molecule has 6 nitrogen and oxygen atoms in total. The van der Waals surface area contributed by atoms with Crippen molar-refractivity contribution >= 4 is 25.4 Å². The molecule has 0 aliphatic heterocycles. The lowest BCUT2D eigenvalue weighted by molar-refractivity contribution is -0.132. The Morgan fingerprint density at radius 1 is 1.60 bits per heavy atom. The van der Waals surface area contributed by atoms with Gasteiger partial charge in [-0.05, 0) is 13.8 Å². The Morgan fingerprint density at radius 2 is 1.93 bits per heavy atom. The molecular weight excluding hydrogens is 246 g/mol. The molecule has 0 heterocycles. The van der Waals surface area contributed by atoms with E-state index in [0.29, 0.717) is 0 Å². The van der Waals surface area contributed by atoms with Gasteiger partial charge in [-0.25, -0.2) is 9.36 Å². The Kier molecular flexibility index (Phi) is 8.90. The highest BCUT2D eigenvalue weighted by atomic mass is 35.5. The van der Waals surface area contributed by atoms with E-state index in [2.05, 4.69) is 11.1 Å². The molecule has 8 heteroatoms. The second-order valence-electron chi connectivity index (χ2n) is 2.65. The van der Waals surface area contributed by atoms with Gasteiger partial charge in [0.15, 0.2) is 0 Å². The number of hydrogen-bond acceptors (Lipinski definition) is 3. The zero-order valence-corrected chi connectivity index (χ0v) is 10.0. The Hall–Kier alpha value is -0.390. The molecule has 1 atom stereocenters. The fraction of sp³-hybridized carbons (Fsp3) is 0.571. The Bertz CT molecular complexity index is 248. The summed E-state index contributed by atoms with van der Waals surface area (Å²) in [7, 11) is -4.32. The molecule has 0 aliphatic rings. The van der Waals surface area contributed by atoms with Gasteiger partial charge in [-0.15, -0.1) is 11.6 Å². The van der Waals surface area contributed by atoms with Crippen LogP contribution in [-0.2, 0) is 13.9 Å². The lowest BCUT2D eigenvalue weighted by Crippen LogP contribution is -2.06. The third kappa shape index (κ3) is 16.3. The highest BCUT2D eigenvalue weighted by Crippen LogP contribution is 2.37. The molecule has 1 unspecified atom stereocenters. The molecule has 0 saturated heterocycles. The van der Waals surface area contributed by atoms with Crippen LogP contribution in [0.15, 0.2) is 12.2 Å². The molecule has 15 heavy (non-hydrogen) atoms. The number of carboxylic acids is 1. The van der Waals surface area contributed by atoms with Crippen molar-refractivity contribution in [3.63, 3.8) is 0 Å². The van der Waals surface area contributed by atoms with Crippen molar-refractivity contribution in [3.8, 4) is 0 Å². The quantitative estimate of drug-likeness (QED) is 0.401. The van der Waals surface area contributed by atoms with E-state index in [1.54, 1.807) is 0 Å². The van der Waals surface area contributed by atoms with Crippen LogP contribution in [0.1, 0.15) is 13.8 Å². The SMILES string of the molecule is C=C(C)C(=O)O.CC(CCl)OP(=O)(O)O. The second-order valence-corrected chi connectivity index (χ2v) is 4.15. The molecule has 90 valence electrons. The molecule has 0 aliphatic carbocycles. The van der Waals surface area contributed by atoms with E-state index in [4.69, 9.17) is 26.5 Å². The molecule has 0 bridgehead atoms. The highest BCUT2D eigenvalue weighted by Gasteiger charge is 2.17. The third-order valence-corrected chi connectivity index (χ3v) is 1.97. The normalized spacial score (nSPS) is 12.3. The maximum atomic E-state index is 10.0. The second kappa shape index (κ2) is 7.84. The summed E-state index contributed by atoms with van der Waals surface area (Å²) in [5.41, 5.74) is 0.176. The summed E-state index contributed by atoms with van der Waals surface area (Å²) in [6.45, 7) is 6.08. The van der Waals surface area contributed by atoms with Crippen LogP contribution in [0.25, 0.3) is 0 Å². The Labute approximate surface area is 92.8 Å². The number of hydrogen-bond donors (Lipinski definition) is 3. The van der Waals surface area contributed by atoms with Gasteiger partial charge in [-0.1, -0.05) is 6.58 Å². The molecule has 0 saturated carbocycles. The number of phosphoric acid groups is 1. The molecule has 0 rings (SSSR count). The maximum Gasteiger partial charge on any atom is 0.469 e. The highest BCUT2D eigenvalue weighted by molar-refractivity contribution is 7.46. The van der Waals surface area contributed by atoms with E-state index >= 15 is 0 Å². The number of carboxylic acid groups (broad SMARTS) is 1. The van der Waals surface area contributed by atoms with Crippen LogP contribution in [0.5, 0.6) is 0 Å². The van der Waals surface area contributed by atoms with Crippen molar-refractivity contribution in [2.24, 2.45) is 0 Å². The smallest absolute Gasteiger partial charge is 0.469 e. The van der Waals surface area contributed by atoms with Crippen molar-refractivity contribution in [3.05, 3.63) is 12.2 Å². The number of aliphatic carboxylic acids is 1. The van der Waals surface area contributed by atoms with Crippen LogP contribution >= 0.6 is 19.4 Å². The van der Waals surface area contributed by atoms with Crippen LogP contribution in [0.3, 0.4) is 0 Å². The van der Waals surface area contributed by atoms with Gasteiger partial charge in [0.25, 0.3) is 0 Å². The van der Waals surface area contributed by atoms with Crippen molar-refractivity contribution < 1.29 is 28.8 Å². The first-order chi connectivity index (χ1) is 6.60. The fourth-order valence-corrected chi connectivity index (χ4v) is 0.957. The fourth-order valence-electron chi connectivity index (χ4n) is 0.263. The van der Waals surface area contributed by atoms with E-state index in [1.807, 2.05) is 0 Å². The summed E-state index contributed by atoms with van der Waals surface area (Å²) in [5, 5.41) is 7.89. The first-order valence-electron chi connectivity index (χ1n) is 3.78. The van der Waals surface area contributed by atoms with Gasteiger partial charge in [0, 0.05) is 11.5 Å². The summed E-state index contributed by atoms with van der Waals surface area (Å²) in [6, 6.07) is 0. The van der Waals surface area contributed by atoms with Crippen LogP contribution < -0.4 is 0 Å². The lowest BCUT2D eigenvalue weighted by Gasteiger charge is -2.08. The van der Waals surface area contributed by atoms with E-state index in [9.17, 15) is 9.36 Å².